The number of aromatic nitrogens is 2. The number of hydrogen-bond acceptors (Lipinski definition) is 2. The molecule has 1 heterocycles. The Morgan fingerprint density at radius 1 is 1.60 bits per heavy atom. The molecule has 0 spiro atoms. The number of imidazole rings is 1. The average Bonchev–Trinajstić information content (AvgIpc) is 2.55. The maximum atomic E-state index is 13.6. The van der Waals surface area contributed by atoms with Crippen LogP contribution in [-0.4, -0.2) is 20.6 Å². The van der Waals surface area contributed by atoms with Gasteiger partial charge in [-0.3, -0.25) is 4.79 Å². The van der Waals surface area contributed by atoms with Gasteiger partial charge in [0.25, 0.3) is 0 Å². The molecule has 1 N–H and O–H groups in total. The lowest BCUT2D eigenvalue weighted by atomic mass is 10.3. The molecular weight excluding hydrogens is 223 g/mol. The number of aliphatic carboxylic acids is 1. The molecule has 0 radical (unpaired) electrons. The molecule has 0 fully saturated rings. The van der Waals surface area contributed by atoms with Crippen molar-refractivity contribution in [1.82, 2.24) is 9.55 Å². The molecule has 0 amide bonds. The maximum absolute atomic E-state index is 13.6. The molecule has 0 aliphatic carbocycles. The highest BCUT2D eigenvalue weighted by atomic mass is 35.5. The summed E-state index contributed by atoms with van der Waals surface area (Å²) in [5, 5.41) is 8.55. The molecule has 1 aromatic carbocycles. The molecule has 2 aromatic rings. The van der Waals surface area contributed by atoms with E-state index in [-0.39, 0.29) is 17.1 Å². The molecule has 6 heteroatoms. The Hall–Kier alpha value is -1.62. The fraction of sp³-hybridized carbons (Fsp3) is 0.111. The maximum Gasteiger partial charge on any atom is 0.323 e. The van der Waals surface area contributed by atoms with Crippen LogP contribution in [0.5, 0.6) is 0 Å². The van der Waals surface area contributed by atoms with Crippen LogP contribution in [0.25, 0.3) is 11.0 Å². The Morgan fingerprint density at radius 3 is 3.00 bits per heavy atom. The number of carbonyl (C=O) groups is 1. The van der Waals surface area contributed by atoms with Crippen LogP contribution in [0.4, 0.5) is 4.39 Å². The van der Waals surface area contributed by atoms with E-state index in [2.05, 4.69) is 4.98 Å². The van der Waals surface area contributed by atoms with E-state index in [1.807, 2.05) is 0 Å². The summed E-state index contributed by atoms with van der Waals surface area (Å²) in [6.45, 7) is -0.340. The van der Waals surface area contributed by atoms with Crippen LogP contribution in [0, 0.1) is 5.82 Å². The molecule has 0 bridgehead atoms. The van der Waals surface area contributed by atoms with Gasteiger partial charge < -0.3 is 9.67 Å². The largest absolute Gasteiger partial charge is 0.480 e. The lowest BCUT2D eigenvalue weighted by Crippen LogP contribution is -2.08. The second-order valence-corrected chi connectivity index (χ2v) is 3.40. The van der Waals surface area contributed by atoms with Gasteiger partial charge >= 0.3 is 5.97 Å². The number of hydrogen-bond donors (Lipinski definition) is 1. The molecule has 15 heavy (non-hydrogen) atoms. The highest BCUT2D eigenvalue weighted by Gasteiger charge is 2.12. The topological polar surface area (TPSA) is 55.1 Å². The summed E-state index contributed by atoms with van der Waals surface area (Å²) in [5.74, 6) is -1.71. The van der Waals surface area contributed by atoms with Crippen LogP contribution >= 0.6 is 11.6 Å². The van der Waals surface area contributed by atoms with E-state index in [0.29, 0.717) is 5.52 Å². The number of nitrogens with zero attached hydrogens (tertiary/aromatic N) is 2. The Kier molecular flexibility index (Phi) is 2.32. The van der Waals surface area contributed by atoms with E-state index in [9.17, 15) is 9.18 Å². The first-order chi connectivity index (χ1) is 7.09. The fourth-order valence-electron chi connectivity index (χ4n) is 1.36. The monoisotopic (exact) mass is 228 g/mol. The van der Waals surface area contributed by atoms with Gasteiger partial charge in [-0.25, -0.2) is 9.37 Å². The van der Waals surface area contributed by atoms with Crippen LogP contribution in [0.1, 0.15) is 0 Å². The number of halogens is 2. The SMILES string of the molecule is O=C(O)Cn1cnc2ccc(Cl)c(F)c21. The number of benzene rings is 1. The average molecular weight is 229 g/mol. The zero-order chi connectivity index (χ0) is 11.0. The summed E-state index contributed by atoms with van der Waals surface area (Å²) in [7, 11) is 0. The van der Waals surface area contributed by atoms with E-state index in [4.69, 9.17) is 16.7 Å². The third-order valence-corrected chi connectivity index (χ3v) is 2.27. The summed E-state index contributed by atoms with van der Waals surface area (Å²) >= 11 is 5.59. The number of rotatable bonds is 2. The third-order valence-electron chi connectivity index (χ3n) is 1.98. The van der Waals surface area contributed by atoms with Crippen LogP contribution in [0.3, 0.4) is 0 Å². The van der Waals surface area contributed by atoms with E-state index in [0.717, 1.165) is 0 Å². The van der Waals surface area contributed by atoms with Gasteiger partial charge in [-0.1, -0.05) is 11.6 Å². The van der Waals surface area contributed by atoms with Gasteiger partial charge in [0, 0.05) is 0 Å². The zero-order valence-corrected chi connectivity index (χ0v) is 8.20. The highest BCUT2D eigenvalue weighted by Crippen LogP contribution is 2.23. The molecule has 0 atom stereocenters. The minimum atomic E-state index is -1.06. The lowest BCUT2D eigenvalue weighted by molar-refractivity contribution is -0.137. The van der Waals surface area contributed by atoms with Crippen molar-refractivity contribution in [1.29, 1.82) is 0 Å². The van der Waals surface area contributed by atoms with Gasteiger partial charge in [-0.05, 0) is 12.1 Å². The van der Waals surface area contributed by atoms with Crippen molar-refractivity contribution in [3.8, 4) is 0 Å². The number of carboxylic acids is 1. The van der Waals surface area contributed by atoms with Crippen LogP contribution < -0.4 is 0 Å². The van der Waals surface area contributed by atoms with Gasteiger partial charge in [0.2, 0.25) is 0 Å². The van der Waals surface area contributed by atoms with E-state index >= 15 is 0 Å². The zero-order valence-electron chi connectivity index (χ0n) is 7.44. The normalized spacial score (nSPS) is 10.8. The van der Waals surface area contributed by atoms with E-state index in [1.54, 1.807) is 6.07 Å². The Balaban J connectivity index is 2.66. The Bertz CT molecular complexity index is 538. The minimum absolute atomic E-state index is 0.0466. The summed E-state index contributed by atoms with van der Waals surface area (Å²) in [5.41, 5.74) is 0.503. The van der Waals surface area contributed by atoms with Gasteiger partial charge in [-0.2, -0.15) is 0 Å². The molecule has 2 rings (SSSR count). The predicted molar refractivity (Wildman–Crippen MR) is 52.3 cm³/mol. The van der Waals surface area contributed by atoms with E-state index in [1.165, 1.54) is 17.0 Å². The first-order valence-electron chi connectivity index (χ1n) is 4.10. The first kappa shape index (κ1) is 9.92. The van der Waals surface area contributed by atoms with Crippen LogP contribution in [-0.2, 0) is 11.3 Å². The van der Waals surface area contributed by atoms with Gasteiger partial charge in [0.1, 0.15) is 12.1 Å². The molecule has 0 saturated carbocycles. The molecule has 1 aromatic heterocycles. The molecule has 0 saturated heterocycles. The van der Waals surface area contributed by atoms with Crippen LogP contribution in [0.15, 0.2) is 18.5 Å². The molecule has 4 nitrogen and oxygen atoms in total. The van der Waals surface area contributed by atoms with Gasteiger partial charge in [0.15, 0.2) is 5.82 Å². The lowest BCUT2D eigenvalue weighted by Gasteiger charge is -2.01. The number of carboxylic acid groups (broad SMARTS) is 1. The van der Waals surface area contributed by atoms with Crippen molar-refractivity contribution in [2.24, 2.45) is 0 Å². The van der Waals surface area contributed by atoms with Crippen molar-refractivity contribution in [3.05, 3.63) is 29.3 Å². The molecule has 0 aliphatic heterocycles. The minimum Gasteiger partial charge on any atom is -0.480 e. The Labute approximate surface area is 88.9 Å². The number of fused-ring (bicyclic) bond motifs is 1. The Morgan fingerprint density at radius 2 is 2.33 bits per heavy atom. The summed E-state index contributed by atoms with van der Waals surface area (Å²) in [6, 6.07) is 2.93. The summed E-state index contributed by atoms with van der Waals surface area (Å²) in [4.78, 5) is 14.4. The fourth-order valence-corrected chi connectivity index (χ4v) is 1.51. The molecular formula is C9H6ClFN2O2. The quantitative estimate of drug-likeness (QED) is 0.854. The standard InChI is InChI=1S/C9H6ClFN2O2/c10-5-1-2-6-9(8(5)11)13(4-12-6)3-7(14)15/h1-2,4H,3H2,(H,14,15). The summed E-state index contributed by atoms with van der Waals surface area (Å²) in [6.07, 6.45) is 1.28. The van der Waals surface area contributed by atoms with Crippen molar-refractivity contribution in [2.45, 2.75) is 6.54 Å². The van der Waals surface area contributed by atoms with E-state index < -0.39 is 11.8 Å². The second-order valence-electron chi connectivity index (χ2n) is 3.00. The first-order valence-corrected chi connectivity index (χ1v) is 4.48. The van der Waals surface area contributed by atoms with Crippen molar-refractivity contribution in [2.75, 3.05) is 0 Å². The van der Waals surface area contributed by atoms with Crippen molar-refractivity contribution in [3.63, 3.8) is 0 Å². The van der Waals surface area contributed by atoms with Crippen molar-refractivity contribution >= 4 is 28.6 Å². The molecule has 0 unspecified atom stereocenters. The summed E-state index contributed by atoms with van der Waals surface area (Å²) < 4.78 is 14.8. The third kappa shape index (κ3) is 1.66. The highest BCUT2D eigenvalue weighted by molar-refractivity contribution is 6.31. The van der Waals surface area contributed by atoms with Crippen molar-refractivity contribution < 1.29 is 14.3 Å². The smallest absolute Gasteiger partial charge is 0.323 e. The molecule has 78 valence electrons. The second kappa shape index (κ2) is 3.51. The van der Waals surface area contributed by atoms with Crippen LogP contribution in [0.2, 0.25) is 5.02 Å². The predicted octanol–water partition coefficient (Wildman–Crippen LogP) is 1.91. The molecule has 0 aliphatic rings. The van der Waals surface area contributed by atoms with Gasteiger partial charge in [0.05, 0.1) is 16.9 Å². The van der Waals surface area contributed by atoms with Gasteiger partial charge in [-0.15, -0.1) is 0 Å².